The van der Waals surface area contributed by atoms with E-state index in [0.717, 1.165) is 31.3 Å². The minimum Gasteiger partial charge on any atom is -0.494 e. The van der Waals surface area contributed by atoms with Crippen molar-refractivity contribution in [1.29, 1.82) is 0 Å². The number of unbranched alkanes of at least 4 members (excludes halogenated alkanes) is 2. The van der Waals surface area contributed by atoms with Crippen LogP contribution in [0.15, 0.2) is 42.6 Å². The van der Waals surface area contributed by atoms with Gasteiger partial charge in [0.05, 0.1) is 12.3 Å². The van der Waals surface area contributed by atoms with Gasteiger partial charge in [-0.15, -0.1) is 0 Å². The number of rotatable bonds is 9. The Morgan fingerprint density at radius 3 is 2.61 bits per heavy atom. The number of carbonyl (C=O) groups is 1. The maximum atomic E-state index is 12.7. The van der Waals surface area contributed by atoms with E-state index < -0.39 is 10.2 Å². The molecule has 0 amide bonds. The van der Waals surface area contributed by atoms with Crippen molar-refractivity contribution in [2.75, 3.05) is 36.3 Å². The minimum atomic E-state index is -3.52. The Bertz CT molecular complexity index is 902. The SMILES string of the molecule is Nc1cc(N2CCN(CCCCCOc3ccc(C=O)cc3)S2(=O)=O)ccn1. The summed E-state index contributed by atoms with van der Waals surface area (Å²) in [5.74, 6) is 1.02. The first kappa shape index (κ1) is 20.1. The van der Waals surface area contributed by atoms with Gasteiger partial charge in [0.1, 0.15) is 17.9 Å². The van der Waals surface area contributed by atoms with Crippen molar-refractivity contribution >= 4 is 28.0 Å². The topological polar surface area (TPSA) is 106 Å². The molecule has 8 nitrogen and oxygen atoms in total. The Labute approximate surface area is 165 Å². The van der Waals surface area contributed by atoms with Crippen LogP contribution in [0.1, 0.15) is 29.6 Å². The highest BCUT2D eigenvalue weighted by atomic mass is 32.2. The zero-order valence-electron chi connectivity index (χ0n) is 15.5. The molecule has 2 aromatic rings. The molecule has 1 aromatic heterocycles. The van der Waals surface area contributed by atoms with E-state index in [2.05, 4.69) is 4.98 Å². The smallest absolute Gasteiger partial charge is 0.304 e. The Balaban J connectivity index is 1.40. The first-order valence-corrected chi connectivity index (χ1v) is 10.6. The van der Waals surface area contributed by atoms with Gasteiger partial charge in [-0.25, -0.2) is 4.98 Å². The van der Waals surface area contributed by atoms with Crippen LogP contribution < -0.4 is 14.8 Å². The number of aldehydes is 1. The summed E-state index contributed by atoms with van der Waals surface area (Å²) in [5, 5.41) is 0. The standard InChI is InChI=1S/C19H24N4O4S/c20-19-14-17(8-9-21-19)23-12-11-22(28(23,25)26)10-2-1-3-13-27-18-6-4-16(15-24)5-7-18/h4-9,14-15H,1-3,10-13H2,(H2,20,21). The van der Waals surface area contributed by atoms with Crippen molar-refractivity contribution in [2.45, 2.75) is 19.3 Å². The number of anilines is 2. The molecule has 0 atom stereocenters. The van der Waals surface area contributed by atoms with E-state index in [1.54, 1.807) is 36.4 Å². The second kappa shape index (κ2) is 9.03. The molecule has 1 aliphatic heterocycles. The third kappa shape index (κ3) is 4.79. The lowest BCUT2D eigenvalue weighted by Crippen LogP contribution is -2.33. The van der Waals surface area contributed by atoms with Crippen molar-refractivity contribution in [2.24, 2.45) is 0 Å². The number of hydrogen-bond donors (Lipinski definition) is 1. The predicted octanol–water partition coefficient (Wildman–Crippen LogP) is 2.09. The van der Waals surface area contributed by atoms with Crippen LogP contribution >= 0.6 is 0 Å². The molecule has 0 unspecified atom stereocenters. The van der Waals surface area contributed by atoms with E-state index in [0.29, 0.717) is 43.3 Å². The van der Waals surface area contributed by atoms with E-state index in [-0.39, 0.29) is 0 Å². The summed E-state index contributed by atoms with van der Waals surface area (Å²) in [5.41, 5.74) is 6.82. The van der Waals surface area contributed by atoms with Crippen molar-refractivity contribution in [3.05, 3.63) is 48.2 Å². The summed E-state index contributed by atoms with van der Waals surface area (Å²) in [4.78, 5) is 14.5. The van der Waals surface area contributed by atoms with E-state index in [1.165, 1.54) is 14.8 Å². The lowest BCUT2D eigenvalue weighted by atomic mass is 10.2. The average Bonchev–Trinajstić information content (AvgIpc) is 2.99. The summed E-state index contributed by atoms with van der Waals surface area (Å²) in [7, 11) is -3.52. The molecule has 3 rings (SSSR count). The average molecular weight is 404 g/mol. The monoisotopic (exact) mass is 404 g/mol. The van der Waals surface area contributed by atoms with Crippen LogP contribution in [-0.4, -0.2) is 50.2 Å². The summed E-state index contributed by atoms with van der Waals surface area (Å²) >= 11 is 0. The third-order valence-corrected chi connectivity index (χ3v) is 6.51. The predicted molar refractivity (Wildman–Crippen MR) is 108 cm³/mol. The molecule has 2 heterocycles. The number of pyridine rings is 1. The number of nitrogens with zero attached hydrogens (tertiary/aromatic N) is 3. The normalized spacial score (nSPS) is 16.2. The maximum Gasteiger partial charge on any atom is 0.304 e. The molecule has 28 heavy (non-hydrogen) atoms. The molecule has 150 valence electrons. The molecule has 2 N–H and O–H groups in total. The van der Waals surface area contributed by atoms with Crippen molar-refractivity contribution in [1.82, 2.24) is 9.29 Å². The molecule has 1 aliphatic rings. The van der Waals surface area contributed by atoms with Gasteiger partial charge in [0.2, 0.25) is 0 Å². The van der Waals surface area contributed by atoms with Crippen LogP contribution in [0.5, 0.6) is 5.75 Å². The van der Waals surface area contributed by atoms with Gasteiger partial charge in [0.25, 0.3) is 0 Å². The molecule has 0 spiro atoms. The molecule has 0 aliphatic carbocycles. The van der Waals surface area contributed by atoms with E-state index in [9.17, 15) is 13.2 Å². The first-order valence-electron chi connectivity index (χ1n) is 9.18. The highest BCUT2D eigenvalue weighted by Gasteiger charge is 2.36. The Morgan fingerprint density at radius 2 is 1.89 bits per heavy atom. The number of ether oxygens (including phenoxy) is 1. The number of carbonyl (C=O) groups excluding carboxylic acids is 1. The van der Waals surface area contributed by atoms with E-state index in [1.807, 2.05) is 0 Å². The zero-order chi connectivity index (χ0) is 20.0. The number of hydrogen-bond acceptors (Lipinski definition) is 6. The van der Waals surface area contributed by atoms with E-state index in [4.69, 9.17) is 10.5 Å². The number of nitrogen functional groups attached to an aromatic ring is 1. The van der Waals surface area contributed by atoms with Crippen LogP contribution in [0.4, 0.5) is 11.5 Å². The fourth-order valence-corrected chi connectivity index (χ4v) is 4.70. The quantitative estimate of drug-likeness (QED) is 0.507. The second-order valence-electron chi connectivity index (χ2n) is 6.51. The van der Waals surface area contributed by atoms with Gasteiger partial charge in [0, 0.05) is 37.5 Å². The summed E-state index contributed by atoms with van der Waals surface area (Å²) in [6.45, 7) is 1.90. The fraction of sp³-hybridized carbons (Fsp3) is 0.368. The summed E-state index contributed by atoms with van der Waals surface area (Å²) < 4.78 is 33.9. The minimum absolute atomic E-state index is 0.298. The van der Waals surface area contributed by atoms with Crippen molar-refractivity contribution < 1.29 is 17.9 Å². The zero-order valence-corrected chi connectivity index (χ0v) is 16.3. The number of nitrogens with two attached hydrogens (primary N) is 1. The molecule has 1 saturated heterocycles. The van der Waals surface area contributed by atoms with E-state index >= 15 is 0 Å². The molecule has 1 aromatic carbocycles. The fourth-order valence-electron chi connectivity index (χ4n) is 3.05. The Hall–Kier alpha value is -2.65. The lowest BCUT2D eigenvalue weighted by Gasteiger charge is -2.20. The highest BCUT2D eigenvalue weighted by molar-refractivity contribution is 7.90. The van der Waals surface area contributed by atoms with Gasteiger partial charge in [-0.3, -0.25) is 9.10 Å². The van der Waals surface area contributed by atoms with Crippen molar-refractivity contribution in [3.8, 4) is 5.75 Å². The van der Waals surface area contributed by atoms with Crippen LogP contribution in [0.25, 0.3) is 0 Å². The van der Waals surface area contributed by atoms with Crippen LogP contribution in [0.2, 0.25) is 0 Å². The van der Waals surface area contributed by atoms with Gasteiger partial charge >= 0.3 is 10.2 Å². The van der Waals surface area contributed by atoms with Crippen LogP contribution in [-0.2, 0) is 10.2 Å². The first-order chi connectivity index (χ1) is 13.5. The molecule has 0 saturated carbocycles. The maximum absolute atomic E-state index is 12.7. The Morgan fingerprint density at radius 1 is 1.11 bits per heavy atom. The van der Waals surface area contributed by atoms with Crippen LogP contribution in [0.3, 0.4) is 0 Å². The van der Waals surface area contributed by atoms with Crippen molar-refractivity contribution in [3.63, 3.8) is 0 Å². The van der Waals surface area contributed by atoms with Crippen LogP contribution in [0, 0.1) is 0 Å². The van der Waals surface area contributed by atoms with Gasteiger partial charge in [-0.2, -0.15) is 12.7 Å². The summed E-state index contributed by atoms with van der Waals surface area (Å²) in [6.07, 6.45) is 4.75. The number of aromatic nitrogens is 1. The summed E-state index contributed by atoms with van der Waals surface area (Å²) in [6, 6.07) is 10.2. The Kier molecular flexibility index (Phi) is 6.48. The second-order valence-corrected chi connectivity index (χ2v) is 8.37. The lowest BCUT2D eigenvalue weighted by molar-refractivity contribution is 0.112. The molecule has 1 fully saturated rings. The van der Waals surface area contributed by atoms with Gasteiger partial charge < -0.3 is 10.5 Å². The van der Waals surface area contributed by atoms with Gasteiger partial charge in [-0.05, 0) is 49.6 Å². The third-order valence-electron chi connectivity index (χ3n) is 4.55. The van der Waals surface area contributed by atoms with Gasteiger partial charge in [-0.1, -0.05) is 0 Å². The number of benzene rings is 1. The molecular formula is C19H24N4O4S. The van der Waals surface area contributed by atoms with Gasteiger partial charge in [0.15, 0.2) is 0 Å². The molecule has 9 heteroatoms. The molecular weight excluding hydrogens is 380 g/mol. The molecule has 0 bridgehead atoms. The largest absolute Gasteiger partial charge is 0.494 e. The molecule has 0 radical (unpaired) electrons. The highest BCUT2D eigenvalue weighted by Crippen LogP contribution is 2.26.